The summed E-state index contributed by atoms with van der Waals surface area (Å²) < 4.78 is 11.2. The summed E-state index contributed by atoms with van der Waals surface area (Å²) in [7, 11) is 0. The van der Waals surface area contributed by atoms with Gasteiger partial charge in [-0.25, -0.2) is 0 Å². The van der Waals surface area contributed by atoms with E-state index in [0.717, 1.165) is 24.2 Å². The molecule has 2 aromatic rings. The first-order valence-corrected chi connectivity index (χ1v) is 14.2. The second-order valence-corrected chi connectivity index (χ2v) is 9.68. The predicted molar refractivity (Wildman–Crippen MR) is 147 cm³/mol. The van der Waals surface area contributed by atoms with Crippen molar-refractivity contribution >= 4 is 5.97 Å². The Morgan fingerprint density at radius 3 is 1.66 bits per heavy atom. The number of esters is 1. The minimum atomic E-state index is -0.190. The predicted octanol–water partition coefficient (Wildman–Crippen LogP) is 9.26. The molecule has 0 aliphatic rings. The van der Waals surface area contributed by atoms with E-state index in [9.17, 15) is 4.79 Å². The van der Waals surface area contributed by atoms with Gasteiger partial charge in [0.05, 0.1) is 5.92 Å². The first-order valence-electron chi connectivity index (χ1n) is 14.2. The van der Waals surface area contributed by atoms with Crippen LogP contribution in [0.15, 0.2) is 60.7 Å². The SMILES string of the molecule is CCCCCCCCCCCCCCCCC(C(=O)OCCOc1ccccc1)c1ccccc1. The van der Waals surface area contributed by atoms with Gasteiger partial charge in [0.2, 0.25) is 0 Å². The van der Waals surface area contributed by atoms with E-state index in [1.165, 1.54) is 83.5 Å². The molecule has 1 atom stereocenters. The monoisotopic (exact) mass is 480 g/mol. The highest BCUT2D eigenvalue weighted by molar-refractivity contribution is 5.78. The first kappa shape index (κ1) is 28.9. The van der Waals surface area contributed by atoms with Gasteiger partial charge in [-0.1, -0.05) is 145 Å². The van der Waals surface area contributed by atoms with Gasteiger partial charge in [-0.2, -0.15) is 0 Å². The molecule has 35 heavy (non-hydrogen) atoms. The van der Waals surface area contributed by atoms with Gasteiger partial charge in [-0.15, -0.1) is 0 Å². The number of rotatable bonds is 21. The van der Waals surface area contributed by atoms with E-state index in [-0.39, 0.29) is 18.5 Å². The van der Waals surface area contributed by atoms with Crippen molar-refractivity contribution in [1.29, 1.82) is 0 Å². The van der Waals surface area contributed by atoms with Crippen molar-refractivity contribution in [3.63, 3.8) is 0 Å². The molecule has 0 saturated carbocycles. The van der Waals surface area contributed by atoms with Gasteiger partial charge >= 0.3 is 5.97 Å². The van der Waals surface area contributed by atoms with Crippen LogP contribution in [-0.2, 0) is 9.53 Å². The molecular formula is C32H48O3. The molecule has 1 unspecified atom stereocenters. The lowest BCUT2D eigenvalue weighted by Crippen LogP contribution is -2.19. The number of benzene rings is 2. The fourth-order valence-corrected chi connectivity index (χ4v) is 4.57. The Morgan fingerprint density at radius 2 is 1.11 bits per heavy atom. The van der Waals surface area contributed by atoms with Gasteiger partial charge in [0, 0.05) is 0 Å². The number of para-hydroxylation sites is 1. The van der Waals surface area contributed by atoms with Crippen LogP contribution in [0.3, 0.4) is 0 Å². The summed E-state index contributed by atoms with van der Waals surface area (Å²) >= 11 is 0. The normalized spacial score (nSPS) is 11.8. The fourth-order valence-electron chi connectivity index (χ4n) is 4.57. The van der Waals surface area contributed by atoms with Crippen LogP contribution in [0.1, 0.15) is 115 Å². The van der Waals surface area contributed by atoms with Crippen molar-refractivity contribution in [2.75, 3.05) is 13.2 Å². The largest absolute Gasteiger partial charge is 0.490 e. The highest BCUT2D eigenvalue weighted by atomic mass is 16.6. The van der Waals surface area contributed by atoms with Crippen LogP contribution in [0.25, 0.3) is 0 Å². The standard InChI is InChI=1S/C32H48O3/c1-2-3-4-5-6-7-8-9-10-11-12-13-14-21-26-31(29-22-17-15-18-23-29)32(33)35-28-27-34-30-24-19-16-20-25-30/h15-20,22-25,31H,2-14,21,26-28H2,1H3. The van der Waals surface area contributed by atoms with Crippen molar-refractivity contribution in [3.8, 4) is 5.75 Å². The molecule has 0 spiro atoms. The van der Waals surface area contributed by atoms with E-state index in [1.807, 2.05) is 60.7 Å². The zero-order valence-electron chi connectivity index (χ0n) is 22.1. The lowest BCUT2D eigenvalue weighted by molar-refractivity contribution is -0.146. The maximum Gasteiger partial charge on any atom is 0.313 e. The van der Waals surface area contributed by atoms with Crippen molar-refractivity contribution in [2.45, 2.75) is 109 Å². The van der Waals surface area contributed by atoms with E-state index < -0.39 is 0 Å². The molecule has 3 nitrogen and oxygen atoms in total. The van der Waals surface area contributed by atoms with Crippen LogP contribution in [0, 0.1) is 0 Å². The van der Waals surface area contributed by atoms with Crippen molar-refractivity contribution < 1.29 is 14.3 Å². The van der Waals surface area contributed by atoms with Crippen LogP contribution < -0.4 is 4.74 Å². The first-order chi connectivity index (χ1) is 17.3. The van der Waals surface area contributed by atoms with E-state index in [2.05, 4.69) is 6.92 Å². The summed E-state index contributed by atoms with van der Waals surface area (Å²) in [6.45, 7) is 2.92. The van der Waals surface area contributed by atoms with Gasteiger partial charge < -0.3 is 9.47 Å². The summed E-state index contributed by atoms with van der Waals surface area (Å²) in [6, 6.07) is 19.7. The zero-order chi connectivity index (χ0) is 24.8. The van der Waals surface area contributed by atoms with E-state index in [0.29, 0.717) is 6.61 Å². The Balaban J connectivity index is 1.56. The molecule has 0 aliphatic carbocycles. The van der Waals surface area contributed by atoms with Gasteiger partial charge in [-0.05, 0) is 24.1 Å². The van der Waals surface area contributed by atoms with Crippen LogP contribution >= 0.6 is 0 Å². The second kappa shape index (κ2) is 20.0. The molecule has 0 aromatic heterocycles. The molecule has 0 fully saturated rings. The molecule has 0 radical (unpaired) electrons. The number of hydrogen-bond donors (Lipinski definition) is 0. The minimum absolute atomic E-state index is 0.137. The Morgan fingerprint density at radius 1 is 0.629 bits per heavy atom. The lowest BCUT2D eigenvalue weighted by atomic mass is 9.93. The van der Waals surface area contributed by atoms with Gasteiger partial charge in [0.15, 0.2) is 0 Å². The number of ether oxygens (including phenoxy) is 2. The zero-order valence-corrected chi connectivity index (χ0v) is 22.1. The third kappa shape index (κ3) is 14.0. The molecule has 2 aromatic carbocycles. The average Bonchev–Trinajstić information content (AvgIpc) is 2.90. The Labute approximate surface area is 214 Å². The van der Waals surface area contributed by atoms with Crippen LogP contribution in [0.5, 0.6) is 5.75 Å². The van der Waals surface area contributed by atoms with Gasteiger partial charge in [-0.3, -0.25) is 4.79 Å². The highest BCUT2D eigenvalue weighted by Gasteiger charge is 2.21. The summed E-state index contributed by atoms with van der Waals surface area (Å²) in [5, 5.41) is 0. The van der Waals surface area contributed by atoms with Gasteiger partial charge in [0.25, 0.3) is 0 Å². The summed E-state index contributed by atoms with van der Waals surface area (Å²) in [6.07, 6.45) is 19.6. The molecule has 0 N–H and O–H groups in total. The fraction of sp³-hybridized carbons (Fsp3) is 0.594. The smallest absolute Gasteiger partial charge is 0.313 e. The summed E-state index contributed by atoms with van der Waals surface area (Å²) in [4.78, 5) is 12.8. The van der Waals surface area contributed by atoms with Crippen molar-refractivity contribution in [3.05, 3.63) is 66.2 Å². The molecule has 0 bridgehead atoms. The number of carbonyl (C=O) groups is 1. The van der Waals surface area contributed by atoms with Crippen molar-refractivity contribution in [2.24, 2.45) is 0 Å². The van der Waals surface area contributed by atoms with Crippen LogP contribution in [-0.4, -0.2) is 19.2 Å². The Hall–Kier alpha value is -2.29. The summed E-state index contributed by atoms with van der Waals surface area (Å²) in [5.41, 5.74) is 1.05. The number of carbonyl (C=O) groups excluding carboxylic acids is 1. The highest BCUT2D eigenvalue weighted by Crippen LogP contribution is 2.25. The third-order valence-electron chi connectivity index (χ3n) is 6.67. The maximum absolute atomic E-state index is 12.8. The molecule has 3 heteroatoms. The molecule has 0 heterocycles. The van der Waals surface area contributed by atoms with E-state index in [1.54, 1.807) is 0 Å². The quantitative estimate of drug-likeness (QED) is 0.132. The number of unbranched alkanes of at least 4 members (excludes halogenated alkanes) is 13. The van der Waals surface area contributed by atoms with E-state index in [4.69, 9.17) is 9.47 Å². The molecule has 0 aliphatic heterocycles. The third-order valence-corrected chi connectivity index (χ3v) is 6.67. The minimum Gasteiger partial charge on any atom is -0.490 e. The molecule has 0 amide bonds. The Bertz CT molecular complexity index is 744. The Kier molecular flexibility index (Phi) is 16.5. The number of hydrogen-bond acceptors (Lipinski definition) is 3. The van der Waals surface area contributed by atoms with Crippen LogP contribution in [0.2, 0.25) is 0 Å². The molecule has 194 valence electrons. The maximum atomic E-state index is 12.8. The topological polar surface area (TPSA) is 35.5 Å². The van der Waals surface area contributed by atoms with E-state index >= 15 is 0 Å². The second-order valence-electron chi connectivity index (χ2n) is 9.68. The lowest BCUT2D eigenvalue weighted by Gasteiger charge is -2.17. The van der Waals surface area contributed by atoms with Crippen molar-refractivity contribution in [1.82, 2.24) is 0 Å². The molecule has 2 rings (SSSR count). The average molecular weight is 481 g/mol. The van der Waals surface area contributed by atoms with Gasteiger partial charge in [0.1, 0.15) is 19.0 Å². The molecular weight excluding hydrogens is 432 g/mol. The van der Waals surface area contributed by atoms with Crippen LogP contribution in [0.4, 0.5) is 0 Å². The summed E-state index contributed by atoms with van der Waals surface area (Å²) in [5.74, 6) is 0.471. The molecule has 0 saturated heterocycles.